The smallest absolute Gasteiger partial charge is 0.0589 e. The Morgan fingerprint density at radius 2 is 1.82 bits per heavy atom. The minimum absolute atomic E-state index is 0.450. The zero-order chi connectivity index (χ0) is 12.7. The maximum atomic E-state index is 5.81. The summed E-state index contributed by atoms with van der Waals surface area (Å²) in [4.78, 5) is 0. The maximum absolute atomic E-state index is 5.81. The monoisotopic (exact) mass is 239 g/mol. The second-order valence-corrected chi connectivity index (χ2v) is 7.05. The largest absolute Gasteiger partial charge is 0.378 e. The molecule has 1 aliphatic heterocycles. The number of nitrogens with one attached hydrogen (secondary N) is 1. The van der Waals surface area contributed by atoms with Gasteiger partial charge in [-0.25, -0.2) is 0 Å². The molecule has 2 heteroatoms. The number of hydrogen-bond donors (Lipinski definition) is 1. The van der Waals surface area contributed by atoms with Crippen LogP contribution in [0.5, 0.6) is 0 Å². The van der Waals surface area contributed by atoms with Crippen molar-refractivity contribution in [3.63, 3.8) is 0 Å². The van der Waals surface area contributed by atoms with Crippen molar-refractivity contribution in [3.05, 3.63) is 0 Å². The molecule has 0 amide bonds. The van der Waals surface area contributed by atoms with Gasteiger partial charge in [-0.3, -0.25) is 0 Å². The van der Waals surface area contributed by atoms with Crippen LogP contribution in [0.4, 0.5) is 0 Å². The zero-order valence-electron chi connectivity index (χ0n) is 12.2. The average molecular weight is 239 g/mol. The molecule has 1 heterocycles. The van der Waals surface area contributed by atoms with Crippen LogP contribution in [-0.4, -0.2) is 24.8 Å². The first-order chi connectivity index (χ1) is 7.89. The molecule has 2 nitrogen and oxygen atoms in total. The molecule has 2 atom stereocenters. The zero-order valence-corrected chi connectivity index (χ0v) is 12.2. The lowest BCUT2D eigenvalue weighted by Gasteiger charge is -2.31. The topological polar surface area (TPSA) is 21.3 Å². The van der Waals surface area contributed by atoms with Gasteiger partial charge in [0.15, 0.2) is 0 Å². The maximum Gasteiger partial charge on any atom is 0.0589 e. The molecule has 2 unspecified atom stereocenters. The van der Waals surface area contributed by atoms with Crippen LogP contribution in [0.15, 0.2) is 0 Å². The van der Waals surface area contributed by atoms with E-state index in [0.717, 1.165) is 6.61 Å². The molecule has 0 aromatic carbocycles. The van der Waals surface area contributed by atoms with Gasteiger partial charge in [-0.2, -0.15) is 0 Å². The van der Waals surface area contributed by atoms with Crippen molar-refractivity contribution in [2.24, 2.45) is 10.8 Å². The summed E-state index contributed by atoms with van der Waals surface area (Å²) in [5, 5.41) is 3.88. The SMILES string of the molecule is CCCC1CC(NC2C(C)(C)C2(C)C)CCO1. The van der Waals surface area contributed by atoms with Gasteiger partial charge in [-0.15, -0.1) is 0 Å². The van der Waals surface area contributed by atoms with E-state index in [-0.39, 0.29) is 0 Å². The normalized spacial score (nSPS) is 35.8. The van der Waals surface area contributed by atoms with Gasteiger partial charge in [0.2, 0.25) is 0 Å². The van der Waals surface area contributed by atoms with Gasteiger partial charge >= 0.3 is 0 Å². The summed E-state index contributed by atoms with van der Waals surface area (Å²) in [7, 11) is 0. The fourth-order valence-electron chi connectivity index (χ4n) is 3.40. The van der Waals surface area contributed by atoms with Crippen LogP contribution < -0.4 is 5.32 Å². The summed E-state index contributed by atoms with van der Waals surface area (Å²) in [5.41, 5.74) is 0.900. The second kappa shape index (κ2) is 4.55. The van der Waals surface area contributed by atoms with E-state index in [4.69, 9.17) is 4.74 Å². The van der Waals surface area contributed by atoms with Gasteiger partial charge in [0, 0.05) is 18.7 Å². The standard InChI is InChI=1S/C15H29NO/c1-6-7-12-10-11(8-9-17-12)16-13-14(2,3)15(13,4)5/h11-13,16H,6-10H2,1-5H3. The highest BCUT2D eigenvalue weighted by atomic mass is 16.5. The molecule has 1 N–H and O–H groups in total. The van der Waals surface area contributed by atoms with Crippen molar-refractivity contribution in [1.82, 2.24) is 5.32 Å². The van der Waals surface area contributed by atoms with Gasteiger partial charge in [0.25, 0.3) is 0 Å². The number of rotatable bonds is 4. The molecule has 0 radical (unpaired) electrons. The summed E-state index contributed by atoms with van der Waals surface area (Å²) in [6, 6.07) is 1.35. The van der Waals surface area contributed by atoms with Gasteiger partial charge in [0.05, 0.1) is 6.10 Å². The predicted molar refractivity (Wildman–Crippen MR) is 72.2 cm³/mol. The van der Waals surface area contributed by atoms with E-state index in [1.165, 1.54) is 25.7 Å². The van der Waals surface area contributed by atoms with Gasteiger partial charge in [-0.05, 0) is 30.1 Å². The van der Waals surface area contributed by atoms with Crippen molar-refractivity contribution >= 4 is 0 Å². The van der Waals surface area contributed by atoms with Crippen LogP contribution in [-0.2, 0) is 4.74 Å². The molecular weight excluding hydrogens is 210 g/mol. The Hall–Kier alpha value is -0.0800. The van der Waals surface area contributed by atoms with Crippen LogP contribution in [0.25, 0.3) is 0 Å². The molecule has 0 aromatic heterocycles. The van der Waals surface area contributed by atoms with Crippen LogP contribution >= 0.6 is 0 Å². The third-order valence-corrected chi connectivity index (χ3v) is 5.40. The van der Waals surface area contributed by atoms with Crippen LogP contribution in [0.3, 0.4) is 0 Å². The Balaban J connectivity index is 1.84. The molecule has 1 saturated heterocycles. The molecule has 0 spiro atoms. The van der Waals surface area contributed by atoms with E-state index < -0.39 is 0 Å². The second-order valence-electron chi connectivity index (χ2n) is 7.05. The molecule has 2 rings (SSSR count). The van der Waals surface area contributed by atoms with E-state index >= 15 is 0 Å². The van der Waals surface area contributed by atoms with Crippen LogP contribution in [0, 0.1) is 10.8 Å². The summed E-state index contributed by atoms with van der Waals surface area (Å²) < 4.78 is 5.81. The summed E-state index contributed by atoms with van der Waals surface area (Å²) >= 11 is 0. The van der Waals surface area contributed by atoms with E-state index in [9.17, 15) is 0 Å². The fraction of sp³-hybridized carbons (Fsp3) is 1.00. The third kappa shape index (κ3) is 2.39. The first-order valence-corrected chi connectivity index (χ1v) is 7.27. The first-order valence-electron chi connectivity index (χ1n) is 7.27. The van der Waals surface area contributed by atoms with E-state index in [0.29, 0.717) is 29.0 Å². The Morgan fingerprint density at radius 1 is 1.18 bits per heavy atom. The molecule has 2 fully saturated rings. The quantitative estimate of drug-likeness (QED) is 0.812. The molecule has 0 aromatic rings. The molecule has 2 aliphatic rings. The predicted octanol–water partition coefficient (Wildman–Crippen LogP) is 3.36. The van der Waals surface area contributed by atoms with Crippen molar-refractivity contribution in [1.29, 1.82) is 0 Å². The number of hydrogen-bond acceptors (Lipinski definition) is 2. The highest BCUT2D eigenvalue weighted by molar-refractivity contribution is 5.18. The van der Waals surface area contributed by atoms with Crippen LogP contribution in [0.1, 0.15) is 60.3 Å². The van der Waals surface area contributed by atoms with E-state index in [1.54, 1.807) is 0 Å². The fourth-order valence-corrected chi connectivity index (χ4v) is 3.40. The van der Waals surface area contributed by atoms with Crippen molar-refractivity contribution < 1.29 is 4.74 Å². The minimum Gasteiger partial charge on any atom is -0.378 e. The highest BCUT2D eigenvalue weighted by Gasteiger charge is 2.64. The van der Waals surface area contributed by atoms with Gasteiger partial charge in [-0.1, -0.05) is 41.0 Å². The minimum atomic E-state index is 0.450. The van der Waals surface area contributed by atoms with Crippen molar-refractivity contribution in [2.75, 3.05) is 6.61 Å². The first kappa shape index (κ1) is 13.4. The van der Waals surface area contributed by atoms with Gasteiger partial charge in [0.1, 0.15) is 0 Å². The Labute approximate surface area is 107 Å². The van der Waals surface area contributed by atoms with Crippen LogP contribution in [0.2, 0.25) is 0 Å². The van der Waals surface area contributed by atoms with Gasteiger partial charge < -0.3 is 10.1 Å². The molecule has 100 valence electrons. The number of ether oxygens (including phenoxy) is 1. The molecule has 17 heavy (non-hydrogen) atoms. The summed E-state index contributed by atoms with van der Waals surface area (Å²) in [6.07, 6.45) is 5.34. The summed E-state index contributed by atoms with van der Waals surface area (Å²) in [5.74, 6) is 0. The third-order valence-electron chi connectivity index (χ3n) is 5.40. The molecule has 1 aliphatic carbocycles. The highest BCUT2D eigenvalue weighted by Crippen LogP contribution is 2.62. The summed E-state index contributed by atoms with van der Waals surface area (Å²) in [6.45, 7) is 12.7. The average Bonchev–Trinajstić information content (AvgIpc) is 2.62. The van der Waals surface area contributed by atoms with E-state index in [1.807, 2.05) is 0 Å². The Kier molecular flexibility index (Phi) is 3.57. The molecule has 1 saturated carbocycles. The van der Waals surface area contributed by atoms with Crippen molar-refractivity contribution in [2.45, 2.75) is 78.5 Å². The lowest BCUT2D eigenvalue weighted by molar-refractivity contribution is -0.00419. The molecular formula is C15H29NO. The lowest BCUT2D eigenvalue weighted by Crippen LogP contribution is -2.41. The van der Waals surface area contributed by atoms with Crippen molar-refractivity contribution in [3.8, 4) is 0 Å². The molecule has 0 bridgehead atoms. The van der Waals surface area contributed by atoms with E-state index in [2.05, 4.69) is 39.9 Å². The Morgan fingerprint density at radius 3 is 2.35 bits per heavy atom. The lowest BCUT2D eigenvalue weighted by atomic mass is 9.99. The Bertz CT molecular complexity index is 256.